The number of ether oxygens (including phenoxy) is 2. The number of phenolic OH excluding ortho intramolecular Hbond substituents is 1. The fourth-order valence-corrected chi connectivity index (χ4v) is 8.11. The van der Waals surface area contributed by atoms with Gasteiger partial charge in [0.05, 0.1) is 22.4 Å². The zero-order valence-electron chi connectivity index (χ0n) is 25.5. The summed E-state index contributed by atoms with van der Waals surface area (Å²) in [6, 6.07) is 6.03. The number of rotatable bonds is 12. The molecule has 0 spiro atoms. The van der Waals surface area contributed by atoms with Gasteiger partial charge in [-0.15, -0.1) is 0 Å². The lowest BCUT2D eigenvalue weighted by Gasteiger charge is -2.49. The van der Waals surface area contributed by atoms with Gasteiger partial charge in [0.2, 0.25) is 0 Å². The van der Waals surface area contributed by atoms with Crippen molar-refractivity contribution in [3.05, 3.63) is 29.3 Å². The molecule has 4 unspecified atom stereocenters. The second-order valence-corrected chi connectivity index (χ2v) is 13.5. The lowest BCUT2D eigenvalue weighted by molar-refractivity contribution is -0.186. The Kier molecular flexibility index (Phi) is 10.2. The Morgan fingerprint density at radius 3 is 1.70 bits per heavy atom. The summed E-state index contributed by atoms with van der Waals surface area (Å²) in [6.45, 7) is 18.2. The molecule has 0 aromatic heterocycles. The van der Waals surface area contributed by atoms with Gasteiger partial charge in [0.25, 0.3) is 0 Å². The van der Waals surface area contributed by atoms with Gasteiger partial charge in [0.1, 0.15) is 5.75 Å². The van der Waals surface area contributed by atoms with Gasteiger partial charge in [-0.1, -0.05) is 78.4 Å². The minimum Gasteiger partial charge on any atom is -0.508 e. The maximum atomic E-state index is 11.1. The van der Waals surface area contributed by atoms with E-state index in [9.17, 15) is 5.11 Å². The quantitative estimate of drug-likeness (QED) is 0.302. The molecule has 2 fully saturated rings. The first-order chi connectivity index (χ1) is 17.5. The van der Waals surface area contributed by atoms with E-state index in [2.05, 4.69) is 61.5 Å². The van der Waals surface area contributed by atoms with Crippen LogP contribution in [-0.2, 0) is 22.3 Å². The van der Waals surface area contributed by atoms with Crippen molar-refractivity contribution in [3.63, 3.8) is 0 Å². The number of hydrogen-bond acceptors (Lipinski definition) is 3. The van der Waals surface area contributed by atoms with Crippen LogP contribution < -0.4 is 0 Å². The molecule has 0 radical (unpaired) electrons. The van der Waals surface area contributed by atoms with E-state index in [1.165, 1.54) is 56.9 Å². The molecule has 3 rings (SSSR count). The Hall–Kier alpha value is -1.06. The van der Waals surface area contributed by atoms with E-state index in [1.807, 2.05) is 12.1 Å². The largest absolute Gasteiger partial charge is 0.508 e. The first-order valence-electron chi connectivity index (χ1n) is 15.7. The Morgan fingerprint density at radius 2 is 1.24 bits per heavy atom. The van der Waals surface area contributed by atoms with Crippen LogP contribution >= 0.6 is 0 Å². The van der Waals surface area contributed by atoms with Gasteiger partial charge >= 0.3 is 0 Å². The Labute approximate surface area is 229 Å². The molecule has 0 amide bonds. The third-order valence-corrected chi connectivity index (χ3v) is 9.90. The van der Waals surface area contributed by atoms with Crippen molar-refractivity contribution in [3.8, 4) is 5.75 Å². The van der Waals surface area contributed by atoms with E-state index < -0.39 is 0 Å². The van der Waals surface area contributed by atoms with Crippen molar-refractivity contribution in [1.82, 2.24) is 0 Å². The van der Waals surface area contributed by atoms with Crippen LogP contribution in [0.1, 0.15) is 144 Å². The van der Waals surface area contributed by atoms with Crippen LogP contribution in [0.15, 0.2) is 18.2 Å². The van der Waals surface area contributed by atoms with Crippen LogP contribution in [0.2, 0.25) is 0 Å². The monoisotopic (exact) mass is 514 g/mol. The van der Waals surface area contributed by atoms with Gasteiger partial charge in [-0.2, -0.15) is 0 Å². The molecule has 0 heterocycles. The fourth-order valence-electron chi connectivity index (χ4n) is 8.11. The molecule has 0 aliphatic heterocycles. The summed E-state index contributed by atoms with van der Waals surface area (Å²) < 4.78 is 14.2. The van der Waals surface area contributed by atoms with E-state index >= 15 is 0 Å². The molecule has 0 bridgehead atoms. The molecule has 4 atom stereocenters. The number of hydrogen-bond donors (Lipinski definition) is 1. The SMILES string of the molecule is CCC1CCCCC1(CC)OC(C)(C)Cc1cccc(O)c1CC(C)(C)OC1(CC)CCCCC1CC. The molecule has 1 N–H and O–H groups in total. The summed E-state index contributed by atoms with van der Waals surface area (Å²) in [4.78, 5) is 0. The van der Waals surface area contributed by atoms with Gasteiger partial charge < -0.3 is 14.6 Å². The number of benzene rings is 1. The first-order valence-corrected chi connectivity index (χ1v) is 15.7. The average Bonchev–Trinajstić information content (AvgIpc) is 2.86. The van der Waals surface area contributed by atoms with Crippen LogP contribution in [0.25, 0.3) is 0 Å². The van der Waals surface area contributed by atoms with Crippen molar-refractivity contribution < 1.29 is 14.6 Å². The van der Waals surface area contributed by atoms with Gasteiger partial charge in [-0.05, 0) is 95.2 Å². The lowest BCUT2D eigenvalue weighted by atomic mass is 9.71. The fraction of sp³-hybridized carbons (Fsp3) is 0.824. The molecule has 212 valence electrons. The highest BCUT2D eigenvalue weighted by atomic mass is 16.5. The zero-order valence-corrected chi connectivity index (χ0v) is 25.5. The molecule has 1 aromatic carbocycles. The van der Waals surface area contributed by atoms with Crippen molar-refractivity contribution in [2.24, 2.45) is 11.8 Å². The van der Waals surface area contributed by atoms with E-state index in [1.54, 1.807) is 0 Å². The minimum absolute atomic E-state index is 0.0282. The molecule has 3 nitrogen and oxygen atoms in total. The molecule has 1 aromatic rings. The maximum absolute atomic E-state index is 11.1. The van der Waals surface area contributed by atoms with Gasteiger partial charge in [-0.25, -0.2) is 0 Å². The average molecular weight is 515 g/mol. The molecule has 3 heteroatoms. The Bertz CT molecular complexity index is 859. The predicted molar refractivity (Wildman–Crippen MR) is 156 cm³/mol. The van der Waals surface area contributed by atoms with Gasteiger partial charge in [-0.3, -0.25) is 0 Å². The van der Waals surface area contributed by atoms with Crippen molar-refractivity contribution in [1.29, 1.82) is 0 Å². The summed E-state index contributed by atoms with van der Waals surface area (Å²) >= 11 is 0. The van der Waals surface area contributed by atoms with Crippen LogP contribution in [0, 0.1) is 11.8 Å². The van der Waals surface area contributed by atoms with E-state index in [0.29, 0.717) is 24.0 Å². The maximum Gasteiger partial charge on any atom is 0.119 e. The topological polar surface area (TPSA) is 38.7 Å². The van der Waals surface area contributed by atoms with Crippen molar-refractivity contribution >= 4 is 0 Å². The van der Waals surface area contributed by atoms with Gasteiger partial charge in [0, 0.05) is 12.8 Å². The zero-order chi connectivity index (χ0) is 27.3. The standard InChI is InChI=1S/C34H58O3/c1-9-27-19-13-15-22-33(27,11-3)36-31(5,6)24-26-18-17-21-30(35)29(26)25-32(7,8)37-34(12-4)23-16-14-20-28(34)10-2/h17-18,21,27-28,35H,9-16,19-20,22-25H2,1-8H3. The van der Waals surface area contributed by atoms with Gasteiger partial charge in [0.15, 0.2) is 0 Å². The molecule has 2 saturated carbocycles. The summed E-state index contributed by atoms with van der Waals surface area (Å²) in [5.74, 6) is 1.64. The van der Waals surface area contributed by atoms with E-state index in [4.69, 9.17) is 9.47 Å². The van der Waals surface area contributed by atoms with Crippen LogP contribution in [0.5, 0.6) is 5.75 Å². The van der Waals surface area contributed by atoms with Crippen LogP contribution in [-0.4, -0.2) is 27.5 Å². The van der Waals surface area contributed by atoms with E-state index in [0.717, 1.165) is 37.7 Å². The van der Waals surface area contributed by atoms with Crippen LogP contribution in [0.3, 0.4) is 0 Å². The third kappa shape index (κ3) is 7.13. The van der Waals surface area contributed by atoms with Crippen LogP contribution in [0.4, 0.5) is 0 Å². The second kappa shape index (κ2) is 12.4. The minimum atomic E-state index is -0.360. The highest BCUT2D eigenvalue weighted by Gasteiger charge is 2.45. The first kappa shape index (κ1) is 30.5. The molecular formula is C34H58O3. The summed E-state index contributed by atoms with van der Waals surface area (Å²) in [7, 11) is 0. The third-order valence-electron chi connectivity index (χ3n) is 9.90. The highest BCUT2D eigenvalue weighted by Crippen LogP contribution is 2.46. The number of phenols is 1. The Balaban J connectivity index is 1.83. The molecule has 0 saturated heterocycles. The second-order valence-electron chi connectivity index (χ2n) is 13.5. The van der Waals surface area contributed by atoms with E-state index in [-0.39, 0.29) is 22.4 Å². The summed E-state index contributed by atoms with van der Waals surface area (Å²) in [6.07, 6.45) is 16.0. The number of aromatic hydroxyl groups is 1. The van der Waals surface area contributed by atoms with Crippen molar-refractivity contribution in [2.75, 3.05) is 0 Å². The molecular weight excluding hydrogens is 456 g/mol. The molecule has 2 aliphatic carbocycles. The summed E-state index contributed by atoms with van der Waals surface area (Å²) in [5, 5.41) is 11.1. The van der Waals surface area contributed by atoms with Crippen molar-refractivity contribution in [2.45, 2.75) is 168 Å². The molecule has 37 heavy (non-hydrogen) atoms. The Morgan fingerprint density at radius 1 is 0.757 bits per heavy atom. The molecule has 2 aliphatic rings. The smallest absolute Gasteiger partial charge is 0.119 e. The predicted octanol–water partition coefficient (Wildman–Crippen LogP) is 9.57. The lowest BCUT2D eigenvalue weighted by Crippen LogP contribution is -2.49. The summed E-state index contributed by atoms with van der Waals surface area (Å²) in [5.41, 5.74) is 1.47. The normalized spacial score (nSPS) is 29.4. The highest BCUT2D eigenvalue weighted by molar-refractivity contribution is 5.41.